The van der Waals surface area contributed by atoms with Crippen molar-refractivity contribution in [2.24, 2.45) is 0 Å². The molecule has 0 saturated heterocycles. The molecule has 0 spiro atoms. The summed E-state index contributed by atoms with van der Waals surface area (Å²) in [6.07, 6.45) is 3.07. The van der Waals surface area contributed by atoms with Gasteiger partial charge in [-0.05, 0) is 42.3 Å². The zero-order valence-corrected chi connectivity index (χ0v) is 17.6. The van der Waals surface area contributed by atoms with E-state index in [0.29, 0.717) is 11.3 Å². The van der Waals surface area contributed by atoms with Crippen LogP contribution in [0.5, 0.6) is 0 Å². The van der Waals surface area contributed by atoms with Crippen LogP contribution in [-0.4, -0.2) is 20.4 Å². The largest absolute Gasteiger partial charge is 0.328 e. The van der Waals surface area contributed by atoms with Gasteiger partial charge in [-0.15, -0.1) is 0 Å². The molecule has 4 aromatic rings. The lowest BCUT2D eigenvalue weighted by Gasteiger charge is -2.23. The molecule has 0 atom stereocenters. The molecule has 0 bridgehead atoms. The Morgan fingerprint density at radius 2 is 1.62 bits per heavy atom. The molecule has 1 N–H and O–H groups in total. The van der Waals surface area contributed by atoms with E-state index in [-0.39, 0.29) is 19.0 Å². The number of nitrogens with one attached hydrogen (secondary N) is 1. The van der Waals surface area contributed by atoms with Crippen molar-refractivity contribution in [1.29, 1.82) is 0 Å². The van der Waals surface area contributed by atoms with Gasteiger partial charge in [0.1, 0.15) is 6.54 Å². The quantitative estimate of drug-likeness (QED) is 0.513. The number of H-pyrrole nitrogens is 1. The Morgan fingerprint density at radius 1 is 0.938 bits per heavy atom. The normalized spacial score (nSPS) is 10.7. The number of carbonyl (C=O) groups excluding carboxylic acids is 1. The van der Waals surface area contributed by atoms with Crippen molar-refractivity contribution in [2.45, 2.75) is 20.0 Å². The van der Waals surface area contributed by atoms with Crippen molar-refractivity contribution < 1.29 is 4.79 Å². The fourth-order valence-electron chi connectivity index (χ4n) is 3.41. The molecule has 160 valence electrons. The Balaban J connectivity index is 1.66. The minimum atomic E-state index is -0.619. The van der Waals surface area contributed by atoms with Gasteiger partial charge in [0.15, 0.2) is 0 Å². The number of pyridine rings is 1. The number of carbonyl (C=O) groups is 1. The fraction of sp³-hybridized carbons (Fsp3) is 0.120. The van der Waals surface area contributed by atoms with Crippen LogP contribution in [-0.2, 0) is 17.9 Å². The van der Waals surface area contributed by atoms with Crippen LogP contribution in [0.25, 0.3) is 11.1 Å². The predicted molar refractivity (Wildman–Crippen MR) is 123 cm³/mol. The van der Waals surface area contributed by atoms with Crippen LogP contribution in [0.15, 0.2) is 94.8 Å². The average Bonchev–Trinajstić information content (AvgIpc) is 2.82. The van der Waals surface area contributed by atoms with Gasteiger partial charge < -0.3 is 4.90 Å². The van der Waals surface area contributed by atoms with Gasteiger partial charge in [0.05, 0.1) is 12.2 Å². The van der Waals surface area contributed by atoms with Gasteiger partial charge in [-0.2, -0.15) is 0 Å². The maximum absolute atomic E-state index is 13.3. The van der Waals surface area contributed by atoms with E-state index in [9.17, 15) is 14.4 Å². The molecule has 32 heavy (non-hydrogen) atoms. The number of nitrogens with zero attached hydrogens (tertiary/aromatic N) is 3. The van der Waals surface area contributed by atoms with Crippen LogP contribution in [0, 0.1) is 6.92 Å². The van der Waals surface area contributed by atoms with E-state index in [2.05, 4.69) is 9.97 Å². The van der Waals surface area contributed by atoms with E-state index in [0.717, 1.165) is 16.8 Å². The summed E-state index contributed by atoms with van der Waals surface area (Å²) in [6.45, 7) is 1.64. The Kier molecular flexibility index (Phi) is 6.07. The molecule has 0 fully saturated rings. The molecule has 2 aromatic carbocycles. The molecule has 0 saturated carbocycles. The lowest BCUT2D eigenvalue weighted by molar-refractivity contribution is -0.119. The summed E-state index contributed by atoms with van der Waals surface area (Å²) in [7, 11) is 0. The SMILES string of the molecule is Cc1cn(CC(=O)N(Cc2ccccn2)c2ccc(-c3ccccc3)cc2)c(=O)[nH]c1=O. The third kappa shape index (κ3) is 4.73. The molecule has 2 aromatic heterocycles. The highest BCUT2D eigenvalue weighted by molar-refractivity contribution is 5.93. The second-order valence-corrected chi connectivity index (χ2v) is 7.41. The molecular weight excluding hydrogens is 404 g/mol. The van der Waals surface area contributed by atoms with E-state index in [1.807, 2.05) is 72.8 Å². The Morgan fingerprint density at radius 3 is 2.31 bits per heavy atom. The zero-order valence-electron chi connectivity index (χ0n) is 17.6. The predicted octanol–water partition coefficient (Wildman–Crippen LogP) is 3.14. The van der Waals surface area contributed by atoms with Gasteiger partial charge in [0.25, 0.3) is 5.56 Å². The fourth-order valence-corrected chi connectivity index (χ4v) is 3.41. The molecule has 1 amide bonds. The molecule has 0 radical (unpaired) electrons. The van der Waals surface area contributed by atoms with Gasteiger partial charge in [-0.1, -0.05) is 48.5 Å². The van der Waals surface area contributed by atoms with E-state index in [4.69, 9.17) is 0 Å². The van der Waals surface area contributed by atoms with Crippen molar-refractivity contribution in [1.82, 2.24) is 14.5 Å². The van der Waals surface area contributed by atoms with Crippen molar-refractivity contribution in [3.63, 3.8) is 0 Å². The highest BCUT2D eigenvalue weighted by atomic mass is 16.2. The summed E-state index contributed by atoms with van der Waals surface area (Å²) in [5.74, 6) is -0.295. The molecule has 2 heterocycles. The summed E-state index contributed by atoms with van der Waals surface area (Å²) in [5, 5.41) is 0. The van der Waals surface area contributed by atoms with Gasteiger partial charge in [0, 0.05) is 23.6 Å². The number of hydrogen-bond donors (Lipinski definition) is 1. The third-order valence-corrected chi connectivity index (χ3v) is 5.13. The molecule has 7 heteroatoms. The van der Waals surface area contributed by atoms with E-state index in [1.54, 1.807) is 18.0 Å². The molecule has 7 nitrogen and oxygen atoms in total. The molecule has 4 rings (SSSR count). The Bertz CT molecular complexity index is 1330. The monoisotopic (exact) mass is 426 g/mol. The maximum Gasteiger partial charge on any atom is 0.328 e. The number of anilines is 1. The maximum atomic E-state index is 13.3. The van der Waals surface area contributed by atoms with Crippen molar-refractivity contribution in [3.05, 3.63) is 117 Å². The van der Waals surface area contributed by atoms with Gasteiger partial charge in [-0.25, -0.2) is 4.79 Å². The second-order valence-electron chi connectivity index (χ2n) is 7.41. The number of amides is 1. The van der Waals surface area contributed by atoms with Crippen LogP contribution >= 0.6 is 0 Å². The number of aromatic nitrogens is 3. The minimum absolute atomic E-state index is 0.205. The summed E-state index contributed by atoms with van der Waals surface area (Å²) in [4.78, 5) is 45.2. The van der Waals surface area contributed by atoms with Crippen molar-refractivity contribution >= 4 is 11.6 Å². The van der Waals surface area contributed by atoms with Crippen LogP contribution < -0.4 is 16.1 Å². The first-order chi connectivity index (χ1) is 15.5. The topological polar surface area (TPSA) is 88.1 Å². The molecule has 0 aliphatic rings. The summed E-state index contributed by atoms with van der Waals surface area (Å²) in [5.41, 5.74) is 2.81. The Labute approximate surface area is 184 Å². The van der Waals surface area contributed by atoms with E-state index in [1.165, 1.54) is 10.8 Å². The Hall–Kier alpha value is -4.26. The number of aromatic amines is 1. The second kappa shape index (κ2) is 9.26. The van der Waals surface area contributed by atoms with E-state index >= 15 is 0 Å². The summed E-state index contributed by atoms with van der Waals surface area (Å²) in [6, 6.07) is 23.2. The van der Waals surface area contributed by atoms with Crippen molar-refractivity contribution in [3.8, 4) is 11.1 Å². The first-order valence-electron chi connectivity index (χ1n) is 10.2. The molecule has 0 aliphatic heterocycles. The first-order valence-corrected chi connectivity index (χ1v) is 10.2. The number of hydrogen-bond acceptors (Lipinski definition) is 4. The molecule has 0 aliphatic carbocycles. The van der Waals surface area contributed by atoms with Crippen LogP contribution in [0.2, 0.25) is 0 Å². The lowest BCUT2D eigenvalue weighted by Crippen LogP contribution is -2.39. The van der Waals surface area contributed by atoms with Gasteiger partial charge in [0.2, 0.25) is 5.91 Å². The summed E-state index contributed by atoms with van der Waals surface area (Å²) < 4.78 is 1.21. The minimum Gasteiger partial charge on any atom is -0.305 e. The van der Waals surface area contributed by atoms with Crippen LogP contribution in [0.3, 0.4) is 0 Å². The lowest BCUT2D eigenvalue weighted by atomic mass is 10.1. The molecular formula is C25H22N4O3. The number of rotatable bonds is 6. The van der Waals surface area contributed by atoms with Crippen molar-refractivity contribution in [2.75, 3.05) is 4.90 Å². The third-order valence-electron chi connectivity index (χ3n) is 5.13. The molecule has 0 unspecified atom stereocenters. The van der Waals surface area contributed by atoms with Gasteiger partial charge in [-0.3, -0.25) is 24.1 Å². The van der Waals surface area contributed by atoms with Crippen LogP contribution in [0.1, 0.15) is 11.3 Å². The number of benzene rings is 2. The standard InChI is InChI=1S/C25H22N4O3/c1-18-15-28(25(32)27-24(18)31)17-23(30)29(16-21-9-5-6-14-26-21)22-12-10-20(11-13-22)19-7-3-2-4-8-19/h2-15H,16-17H2,1H3,(H,27,31,32). The first kappa shape index (κ1) is 21.0. The highest BCUT2D eigenvalue weighted by Gasteiger charge is 2.18. The van der Waals surface area contributed by atoms with Crippen LogP contribution in [0.4, 0.5) is 5.69 Å². The highest BCUT2D eigenvalue weighted by Crippen LogP contribution is 2.24. The average molecular weight is 426 g/mol. The zero-order chi connectivity index (χ0) is 22.5. The van der Waals surface area contributed by atoms with E-state index < -0.39 is 11.2 Å². The summed E-state index contributed by atoms with van der Waals surface area (Å²) >= 11 is 0. The van der Waals surface area contributed by atoms with Gasteiger partial charge >= 0.3 is 5.69 Å². The smallest absolute Gasteiger partial charge is 0.305 e. The number of aryl methyl sites for hydroxylation is 1.